The van der Waals surface area contributed by atoms with Crippen molar-refractivity contribution >= 4 is 35.2 Å². The maximum Gasteiger partial charge on any atom is 0.242 e. The number of benzene rings is 2. The first-order valence-electron chi connectivity index (χ1n) is 10.3. The Morgan fingerprint density at radius 1 is 1.22 bits per heavy atom. The fourth-order valence-corrected chi connectivity index (χ4v) is 4.27. The Hall–Kier alpha value is -2.25. The summed E-state index contributed by atoms with van der Waals surface area (Å²) in [5.41, 5.74) is 0.784. The number of rotatable bonds is 9. The molecule has 5 nitrogen and oxygen atoms in total. The van der Waals surface area contributed by atoms with Crippen molar-refractivity contribution in [3.05, 3.63) is 64.4 Å². The van der Waals surface area contributed by atoms with Crippen molar-refractivity contribution in [1.82, 2.24) is 10.2 Å². The number of hydrogen-bond donors (Lipinski definition) is 1. The molecule has 2 amide bonds. The second kappa shape index (κ2) is 11.6. The number of thioether (sulfide) groups is 1. The first-order valence-corrected chi connectivity index (χ1v) is 11.8. The predicted molar refractivity (Wildman–Crippen MR) is 128 cm³/mol. The van der Waals surface area contributed by atoms with Gasteiger partial charge in [-0.15, -0.1) is 11.8 Å². The molecule has 1 atom stereocenters. The molecule has 1 N–H and O–H groups in total. The van der Waals surface area contributed by atoms with Crippen molar-refractivity contribution in [3.63, 3.8) is 0 Å². The van der Waals surface area contributed by atoms with Crippen LogP contribution in [0.4, 0.5) is 4.39 Å². The van der Waals surface area contributed by atoms with Crippen molar-refractivity contribution in [2.75, 3.05) is 12.9 Å². The number of halogens is 2. The average molecular weight is 481 g/mol. The second-order valence-corrected chi connectivity index (χ2v) is 9.87. The second-order valence-electron chi connectivity index (χ2n) is 8.48. The van der Waals surface area contributed by atoms with Crippen LogP contribution in [0.5, 0.6) is 5.75 Å². The molecule has 0 fully saturated rings. The average Bonchev–Trinajstić information content (AvgIpc) is 2.72. The summed E-state index contributed by atoms with van der Waals surface area (Å²) < 4.78 is 19.3. The van der Waals surface area contributed by atoms with Crippen LogP contribution in [0, 0.1) is 5.82 Å². The lowest BCUT2D eigenvalue weighted by molar-refractivity contribution is -0.139. The van der Waals surface area contributed by atoms with E-state index >= 15 is 0 Å². The van der Waals surface area contributed by atoms with Gasteiger partial charge in [-0.25, -0.2) is 4.39 Å². The van der Waals surface area contributed by atoms with Crippen molar-refractivity contribution in [1.29, 1.82) is 0 Å². The number of carbonyl (C=O) groups is 2. The summed E-state index contributed by atoms with van der Waals surface area (Å²) in [6, 6.07) is 11.2. The monoisotopic (exact) mass is 480 g/mol. The lowest BCUT2D eigenvalue weighted by Gasteiger charge is -2.31. The van der Waals surface area contributed by atoms with Gasteiger partial charge in [-0.1, -0.05) is 29.8 Å². The SMILES string of the molecule is COc1cccc(CN(C(=O)CSCc2c(F)cccc2Cl)[C@@H](C)C(=O)NC(C)(C)C)c1. The maximum absolute atomic E-state index is 14.0. The summed E-state index contributed by atoms with van der Waals surface area (Å²) in [6.45, 7) is 7.62. The highest BCUT2D eigenvalue weighted by molar-refractivity contribution is 7.99. The van der Waals surface area contributed by atoms with E-state index in [0.29, 0.717) is 16.3 Å². The van der Waals surface area contributed by atoms with Crippen molar-refractivity contribution < 1.29 is 18.7 Å². The number of carbonyl (C=O) groups excluding carboxylic acids is 2. The van der Waals surface area contributed by atoms with Gasteiger partial charge in [-0.05, 0) is 57.5 Å². The Bertz CT molecular complexity index is 929. The van der Waals surface area contributed by atoms with E-state index in [0.717, 1.165) is 5.56 Å². The van der Waals surface area contributed by atoms with Crippen LogP contribution in [-0.4, -0.2) is 41.2 Å². The zero-order chi connectivity index (χ0) is 23.9. The molecule has 174 valence electrons. The molecule has 0 spiro atoms. The van der Waals surface area contributed by atoms with Crippen molar-refractivity contribution in [3.8, 4) is 5.75 Å². The molecular formula is C24H30ClFN2O3S. The Morgan fingerprint density at radius 2 is 1.91 bits per heavy atom. The molecule has 32 heavy (non-hydrogen) atoms. The van der Waals surface area contributed by atoms with E-state index in [9.17, 15) is 14.0 Å². The fourth-order valence-electron chi connectivity index (χ4n) is 3.02. The molecule has 0 saturated carbocycles. The number of amides is 2. The summed E-state index contributed by atoms with van der Waals surface area (Å²) in [5.74, 6) is 0.154. The van der Waals surface area contributed by atoms with Crippen molar-refractivity contribution in [2.24, 2.45) is 0 Å². The van der Waals surface area contributed by atoms with E-state index < -0.39 is 17.4 Å². The molecule has 0 radical (unpaired) electrons. The molecule has 2 rings (SSSR count). The van der Waals surface area contributed by atoms with E-state index in [2.05, 4.69) is 5.32 Å². The summed E-state index contributed by atoms with van der Waals surface area (Å²) in [4.78, 5) is 27.5. The van der Waals surface area contributed by atoms with Gasteiger partial charge < -0.3 is 15.0 Å². The lowest BCUT2D eigenvalue weighted by Crippen LogP contribution is -2.52. The van der Waals surface area contributed by atoms with E-state index in [1.165, 1.54) is 22.7 Å². The first-order chi connectivity index (χ1) is 15.0. The zero-order valence-electron chi connectivity index (χ0n) is 19.1. The minimum absolute atomic E-state index is 0.0851. The quantitative estimate of drug-likeness (QED) is 0.545. The molecule has 2 aromatic carbocycles. The highest BCUT2D eigenvalue weighted by atomic mass is 35.5. The lowest BCUT2D eigenvalue weighted by atomic mass is 10.1. The minimum Gasteiger partial charge on any atom is -0.497 e. The van der Waals surface area contributed by atoms with Gasteiger partial charge in [0, 0.05) is 28.4 Å². The molecular weight excluding hydrogens is 451 g/mol. The smallest absolute Gasteiger partial charge is 0.242 e. The molecule has 0 aliphatic heterocycles. The molecule has 2 aromatic rings. The molecule has 0 unspecified atom stereocenters. The highest BCUT2D eigenvalue weighted by Gasteiger charge is 2.28. The Balaban J connectivity index is 2.16. The summed E-state index contributed by atoms with van der Waals surface area (Å²) in [7, 11) is 1.58. The first kappa shape index (κ1) is 26.0. The predicted octanol–water partition coefficient (Wildman–Crippen LogP) is 5.05. The van der Waals surface area contributed by atoms with Gasteiger partial charge in [0.15, 0.2) is 0 Å². The molecule has 0 aromatic heterocycles. The molecule has 8 heteroatoms. The Morgan fingerprint density at radius 3 is 2.53 bits per heavy atom. The van der Waals surface area contributed by atoms with E-state index in [-0.39, 0.29) is 29.9 Å². The number of methoxy groups -OCH3 is 1. The van der Waals surface area contributed by atoms with Crippen LogP contribution in [0.15, 0.2) is 42.5 Å². The summed E-state index contributed by atoms with van der Waals surface area (Å²) in [6.07, 6.45) is 0. The van der Waals surface area contributed by atoms with Gasteiger partial charge in [-0.3, -0.25) is 9.59 Å². The Labute approximate surface area is 198 Å². The fraction of sp³-hybridized carbons (Fsp3) is 0.417. The summed E-state index contributed by atoms with van der Waals surface area (Å²) >= 11 is 7.34. The zero-order valence-corrected chi connectivity index (χ0v) is 20.6. The summed E-state index contributed by atoms with van der Waals surface area (Å²) in [5, 5.41) is 3.26. The molecule has 0 aliphatic rings. The van der Waals surface area contributed by atoms with Crippen LogP contribution in [0.3, 0.4) is 0 Å². The third kappa shape index (κ3) is 7.71. The number of ether oxygens (including phenoxy) is 1. The van der Waals surface area contributed by atoms with Crippen LogP contribution in [-0.2, 0) is 21.9 Å². The third-order valence-corrected chi connectivity index (χ3v) is 5.98. The standard InChI is InChI=1S/C24H30ClFN2O3S/c1-16(23(30)27-24(2,3)4)28(13-17-8-6-9-18(12-17)31-5)22(29)15-32-14-19-20(25)10-7-11-21(19)26/h6-12,16H,13-15H2,1-5H3,(H,27,30)/t16-/m0/s1. The van der Waals surface area contributed by atoms with Crippen molar-refractivity contribution in [2.45, 2.75) is 51.6 Å². The van der Waals surface area contributed by atoms with Gasteiger partial charge in [0.1, 0.15) is 17.6 Å². The van der Waals surface area contributed by atoms with E-state index in [1.807, 2.05) is 45.0 Å². The van der Waals surface area contributed by atoms with Crippen LogP contribution >= 0.6 is 23.4 Å². The van der Waals surface area contributed by atoms with Gasteiger partial charge in [0.05, 0.1) is 12.9 Å². The van der Waals surface area contributed by atoms with E-state index in [4.69, 9.17) is 16.3 Å². The Kier molecular flexibility index (Phi) is 9.40. The van der Waals surface area contributed by atoms with Crippen LogP contribution in [0.2, 0.25) is 5.02 Å². The number of hydrogen-bond acceptors (Lipinski definition) is 4. The maximum atomic E-state index is 14.0. The molecule has 0 bridgehead atoms. The number of nitrogens with zero attached hydrogens (tertiary/aromatic N) is 1. The van der Waals surface area contributed by atoms with Gasteiger partial charge in [0.2, 0.25) is 11.8 Å². The van der Waals surface area contributed by atoms with Gasteiger partial charge in [-0.2, -0.15) is 0 Å². The molecule has 0 aliphatic carbocycles. The van der Waals surface area contributed by atoms with Crippen LogP contribution in [0.25, 0.3) is 0 Å². The van der Waals surface area contributed by atoms with E-state index in [1.54, 1.807) is 26.2 Å². The highest BCUT2D eigenvalue weighted by Crippen LogP contribution is 2.25. The third-order valence-electron chi connectivity index (χ3n) is 4.69. The minimum atomic E-state index is -0.689. The topological polar surface area (TPSA) is 58.6 Å². The normalized spacial score (nSPS) is 12.2. The van der Waals surface area contributed by atoms with Crippen LogP contribution < -0.4 is 10.1 Å². The molecule has 0 heterocycles. The molecule has 0 saturated heterocycles. The van der Waals surface area contributed by atoms with Crippen LogP contribution in [0.1, 0.15) is 38.8 Å². The van der Waals surface area contributed by atoms with Gasteiger partial charge in [0.25, 0.3) is 0 Å². The van der Waals surface area contributed by atoms with Gasteiger partial charge >= 0.3 is 0 Å². The largest absolute Gasteiger partial charge is 0.497 e. The number of nitrogens with one attached hydrogen (secondary N) is 1.